The third-order valence-electron chi connectivity index (χ3n) is 3.89. The lowest BCUT2D eigenvalue weighted by Crippen LogP contribution is -2.14. The maximum absolute atomic E-state index is 12.8. The van der Waals surface area contributed by atoms with Gasteiger partial charge in [-0.05, 0) is 44.5 Å². The van der Waals surface area contributed by atoms with Crippen molar-refractivity contribution in [1.82, 2.24) is 4.98 Å². The molecule has 0 atom stereocenters. The molecule has 0 aromatic heterocycles. The lowest BCUT2D eigenvalue weighted by Gasteiger charge is -2.14. The summed E-state index contributed by atoms with van der Waals surface area (Å²) in [7, 11) is 0. The molecule has 0 amide bonds. The SMILES string of the molecule is Cc1c2nc3cc(C(F)(F)F)ccc3sc-2c(C)c(=O)c1C. The first-order valence-electron chi connectivity index (χ1n) is 6.61. The van der Waals surface area contributed by atoms with E-state index in [1.165, 1.54) is 17.4 Å². The van der Waals surface area contributed by atoms with Crippen molar-refractivity contribution < 1.29 is 13.2 Å². The quantitative estimate of drug-likeness (QED) is 0.561. The summed E-state index contributed by atoms with van der Waals surface area (Å²) in [5.41, 5.74) is 2.06. The molecule has 1 aliphatic carbocycles. The van der Waals surface area contributed by atoms with Gasteiger partial charge in [-0.2, -0.15) is 13.2 Å². The predicted octanol–water partition coefficient (Wildman–Crippen LogP) is 4.71. The van der Waals surface area contributed by atoms with Gasteiger partial charge in [0.25, 0.3) is 0 Å². The van der Waals surface area contributed by atoms with Crippen molar-refractivity contribution in [3.63, 3.8) is 0 Å². The predicted molar refractivity (Wildman–Crippen MR) is 81.7 cm³/mol. The molecule has 22 heavy (non-hydrogen) atoms. The lowest BCUT2D eigenvalue weighted by atomic mass is 10.0. The lowest BCUT2D eigenvalue weighted by molar-refractivity contribution is -0.137. The van der Waals surface area contributed by atoms with Crippen LogP contribution in [0.5, 0.6) is 0 Å². The van der Waals surface area contributed by atoms with Gasteiger partial charge in [0.15, 0.2) is 5.43 Å². The summed E-state index contributed by atoms with van der Waals surface area (Å²) in [6.45, 7) is 5.22. The molecule has 0 bridgehead atoms. The van der Waals surface area contributed by atoms with E-state index in [0.29, 0.717) is 27.0 Å². The van der Waals surface area contributed by atoms with Gasteiger partial charge in [0, 0.05) is 11.1 Å². The van der Waals surface area contributed by atoms with Crippen LogP contribution < -0.4 is 5.43 Å². The van der Waals surface area contributed by atoms with Crippen LogP contribution in [-0.2, 0) is 6.18 Å². The van der Waals surface area contributed by atoms with Gasteiger partial charge in [-0.1, -0.05) is 0 Å². The Morgan fingerprint density at radius 3 is 2.36 bits per heavy atom. The summed E-state index contributed by atoms with van der Waals surface area (Å²) in [4.78, 5) is 17.3. The molecular weight excluding hydrogens is 311 g/mol. The van der Waals surface area contributed by atoms with Gasteiger partial charge in [-0.25, -0.2) is 4.98 Å². The fourth-order valence-corrected chi connectivity index (χ4v) is 3.54. The van der Waals surface area contributed by atoms with E-state index < -0.39 is 11.7 Å². The van der Waals surface area contributed by atoms with E-state index in [2.05, 4.69) is 4.98 Å². The van der Waals surface area contributed by atoms with Gasteiger partial charge >= 0.3 is 6.18 Å². The van der Waals surface area contributed by atoms with Crippen LogP contribution in [0, 0.1) is 20.8 Å². The van der Waals surface area contributed by atoms with Crippen molar-refractivity contribution in [1.29, 1.82) is 0 Å². The number of benzene rings is 2. The van der Waals surface area contributed by atoms with Crippen LogP contribution >= 0.6 is 11.3 Å². The fraction of sp³-hybridized carbons (Fsp3) is 0.250. The Hall–Kier alpha value is -1.95. The zero-order chi connectivity index (χ0) is 16.2. The first kappa shape index (κ1) is 15.0. The maximum atomic E-state index is 12.8. The van der Waals surface area contributed by atoms with Crippen molar-refractivity contribution in [3.05, 3.63) is 50.7 Å². The zero-order valence-electron chi connectivity index (χ0n) is 12.1. The molecule has 3 rings (SSSR count). The summed E-state index contributed by atoms with van der Waals surface area (Å²) in [6, 6.07) is 3.51. The number of aromatic nitrogens is 1. The third kappa shape index (κ3) is 2.18. The minimum absolute atomic E-state index is 0.0330. The molecule has 0 radical (unpaired) electrons. The molecule has 1 aliphatic heterocycles. The Morgan fingerprint density at radius 1 is 1.05 bits per heavy atom. The van der Waals surface area contributed by atoms with Crippen molar-refractivity contribution in [3.8, 4) is 10.6 Å². The van der Waals surface area contributed by atoms with Gasteiger partial charge in [-0.3, -0.25) is 4.79 Å². The van der Waals surface area contributed by atoms with Crippen molar-refractivity contribution in [2.75, 3.05) is 0 Å². The highest BCUT2D eigenvalue weighted by atomic mass is 32.1. The van der Waals surface area contributed by atoms with Crippen LogP contribution in [0.25, 0.3) is 20.8 Å². The second kappa shape index (κ2) is 4.78. The summed E-state index contributed by atoms with van der Waals surface area (Å²) < 4.78 is 39.1. The maximum Gasteiger partial charge on any atom is 0.416 e. The van der Waals surface area contributed by atoms with E-state index in [-0.39, 0.29) is 5.43 Å². The Labute approximate surface area is 128 Å². The number of hydrogen-bond acceptors (Lipinski definition) is 3. The molecule has 2 nitrogen and oxygen atoms in total. The molecule has 0 fully saturated rings. The number of fused-ring (bicyclic) bond motifs is 2. The van der Waals surface area contributed by atoms with E-state index in [1.807, 2.05) is 0 Å². The van der Waals surface area contributed by atoms with Crippen LogP contribution in [0.2, 0.25) is 0 Å². The minimum atomic E-state index is -4.39. The Kier molecular flexibility index (Phi) is 3.25. The van der Waals surface area contributed by atoms with Gasteiger partial charge in [0.2, 0.25) is 0 Å². The van der Waals surface area contributed by atoms with Crippen LogP contribution in [-0.4, -0.2) is 4.98 Å². The zero-order valence-corrected chi connectivity index (χ0v) is 12.9. The molecule has 114 valence electrons. The second-order valence-corrected chi connectivity index (χ2v) is 6.33. The monoisotopic (exact) mass is 323 g/mol. The van der Waals surface area contributed by atoms with E-state index in [0.717, 1.165) is 22.6 Å². The summed E-state index contributed by atoms with van der Waals surface area (Å²) in [5, 5.41) is 0. The summed E-state index contributed by atoms with van der Waals surface area (Å²) in [6.07, 6.45) is -4.39. The van der Waals surface area contributed by atoms with Crippen molar-refractivity contribution in [2.45, 2.75) is 26.9 Å². The van der Waals surface area contributed by atoms with Gasteiger partial charge in [-0.15, -0.1) is 11.3 Å². The smallest absolute Gasteiger partial charge is 0.289 e. The Morgan fingerprint density at radius 2 is 1.73 bits per heavy atom. The van der Waals surface area contributed by atoms with Gasteiger partial charge in [0.1, 0.15) is 0 Å². The molecule has 6 heteroatoms. The van der Waals surface area contributed by atoms with E-state index >= 15 is 0 Å². The van der Waals surface area contributed by atoms with E-state index in [9.17, 15) is 18.0 Å². The first-order valence-corrected chi connectivity index (χ1v) is 7.43. The summed E-state index contributed by atoms with van der Waals surface area (Å²) in [5.74, 6) is 0. The summed E-state index contributed by atoms with van der Waals surface area (Å²) >= 11 is 1.30. The minimum Gasteiger partial charge on any atom is -0.289 e. The molecule has 0 saturated heterocycles. The van der Waals surface area contributed by atoms with Crippen LogP contribution in [0.15, 0.2) is 23.0 Å². The fourth-order valence-electron chi connectivity index (χ4n) is 2.44. The largest absolute Gasteiger partial charge is 0.416 e. The van der Waals surface area contributed by atoms with Gasteiger partial charge in [0.05, 0.1) is 26.4 Å². The standard InChI is InChI=1S/C16H12F3NOS/c1-7-8(2)14(21)9(3)15-13(7)20-11-6-10(16(17,18)19)4-5-12(11)22-15/h4-6H,1-3H3. The van der Waals surface area contributed by atoms with Crippen molar-refractivity contribution in [2.24, 2.45) is 0 Å². The molecule has 0 unspecified atom stereocenters. The number of hydrogen-bond donors (Lipinski definition) is 0. The Bertz CT molecular complexity index is 927. The molecule has 0 spiro atoms. The molecule has 1 aromatic carbocycles. The normalized spacial score (nSPS) is 12.3. The topological polar surface area (TPSA) is 30.0 Å². The van der Waals surface area contributed by atoms with Gasteiger partial charge < -0.3 is 0 Å². The average molecular weight is 323 g/mol. The Balaban J connectivity index is 2.43. The highest BCUT2D eigenvalue weighted by molar-refractivity contribution is 7.21. The molecule has 2 aliphatic rings. The highest BCUT2D eigenvalue weighted by Crippen LogP contribution is 2.37. The molecule has 1 aromatic rings. The molecular formula is C16H12F3NOS. The second-order valence-electron chi connectivity index (χ2n) is 5.28. The van der Waals surface area contributed by atoms with E-state index in [4.69, 9.17) is 0 Å². The molecule has 0 saturated carbocycles. The highest BCUT2D eigenvalue weighted by Gasteiger charge is 2.31. The molecule has 0 N–H and O–H groups in total. The average Bonchev–Trinajstić information content (AvgIpc) is 2.48. The third-order valence-corrected chi connectivity index (χ3v) is 5.15. The number of rotatable bonds is 0. The van der Waals surface area contributed by atoms with Crippen LogP contribution in [0.3, 0.4) is 0 Å². The number of nitrogens with zero attached hydrogens (tertiary/aromatic N) is 1. The van der Waals surface area contributed by atoms with E-state index in [1.54, 1.807) is 20.8 Å². The number of halogens is 3. The molecule has 1 heterocycles. The first-order chi connectivity index (χ1) is 10.2. The number of alkyl halides is 3. The van der Waals surface area contributed by atoms with Crippen LogP contribution in [0.4, 0.5) is 13.2 Å². The van der Waals surface area contributed by atoms with Crippen LogP contribution in [0.1, 0.15) is 22.3 Å². The van der Waals surface area contributed by atoms with Crippen molar-refractivity contribution >= 4 is 21.6 Å².